The highest BCUT2D eigenvalue weighted by Crippen LogP contribution is 2.46. The van der Waals surface area contributed by atoms with Gasteiger partial charge in [-0.2, -0.15) is 0 Å². The quantitative estimate of drug-likeness (QED) is 0.564. The van der Waals surface area contributed by atoms with Crippen LogP contribution in [-0.4, -0.2) is 18.0 Å². The molecule has 1 aliphatic carbocycles. The maximum absolute atomic E-state index is 12.4. The van der Waals surface area contributed by atoms with E-state index in [1.165, 1.54) is 40.0 Å². The van der Waals surface area contributed by atoms with Crippen LogP contribution in [0.1, 0.15) is 62.8 Å². The number of aryl methyl sites for hydroxylation is 2. The van der Waals surface area contributed by atoms with Crippen LogP contribution in [0.5, 0.6) is 0 Å². The van der Waals surface area contributed by atoms with Gasteiger partial charge in [0.25, 0.3) is 0 Å². The number of carbonyl (C=O) groups excluding carboxylic acids is 1. The second-order valence-corrected chi connectivity index (χ2v) is 7.55. The van der Waals surface area contributed by atoms with E-state index < -0.39 is 0 Å². The fourth-order valence-electron chi connectivity index (χ4n) is 3.86. The van der Waals surface area contributed by atoms with Gasteiger partial charge in [-0.3, -0.25) is 4.79 Å². The third kappa shape index (κ3) is 7.29. The van der Waals surface area contributed by atoms with Crippen LogP contribution in [0.25, 0.3) is 0 Å². The third-order valence-electron chi connectivity index (χ3n) is 5.63. The lowest BCUT2D eigenvalue weighted by atomic mass is 9.72. The number of ketones is 1. The van der Waals surface area contributed by atoms with E-state index in [2.05, 4.69) is 45.5 Å². The first-order chi connectivity index (χ1) is 14.7. The summed E-state index contributed by atoms with van der Waals surface area (Å²) in [5, 5.41) is 7.00. The number of benzene rings is 2. The van der Waals surface area contributed by atoms with E-state index >= 15 is 0 Å². The van der Waals surface area contributed by atoms with Crippen molar-refractivity contribution in [2.45, 2.75) is 66.7 Å². The van der Waals surface area contributed by atoms with Crippen LogP contribution in [0.4, 0.5) is 4.39 Å². The number of rotatable bonds is 3. The molecule has 0 amide bonds. The molecule has 1 N–H and O–H groups in total. The Morgan fingerprint density at radius 2 is 1.61 bits per heavy atom. The number of Topliss-reactive ketones (excluding diaryl/α,β-unsaturated/α-hetero) is 1. The highest BCUT2D eigenvalue weighted by atomic mass is 19.1. The van der Waals surface area contributed by atoms with Crippen LogP contribution in [0.3, 0.4) is 0 Å². The lowest BCUT2D eigenvalue weighted by molar-refractivity contribution is -0.122. The fraction of sp³-hybridized carbons (Fsp3) is 0.393. The summed E-state index contributed by atoms with van der Waals surface area (Å²) in [6.45, 7) is 17.8. The Morgan fingerprint density at radius 3 is 2.03 bits per heavy atom. The van der Waals surface area contributed by atoms with Crippen molar-refractivity contribution >= 4 is 5.78 Å². The van der Waals surface area contributed by atoms with Gasteiger partial charge in [0, 0.05) is 7.11 Å². The van der Waals surface area contributed by atoms with E-state index in [9.17, 15) is 9.18 Å². The van der Waals surface area contributed by atoms with Gasteiger partial charge in [-0.05, 0) is 87.4 Å². The molecular formula is C28H39FO2. The zero-order valence-electron chi connectivity index (χ0n) is 20.5. The Labute approximate surface area is 188 Å². The molecule has 170 valence electrons. The highest BCUT2D eigenvalue weighted by molar-refractivity contribution is 5.90. The summed E-state index contributed by atoms with van der Waals surface area (Å²) in [4.78, 5) is 12.4. The van der Waals surface area contributed by atoms with Gasteiger partial charge in [0.15, 0.2) is 0 Å². The van der Waals surface area contributed by atoms with Crippen LogP contribution < -0.4 is 0 Å². The number of allylic oxidation sites excluding steroid dienone is 3. The Bertz CT molecular complexity index is 878. The maximum Gasteiger partial charge on any atom is 0.140 e. The van der Waals surface area contributed by atoms with Crippen LogP contribution in [-0.2, 0) is 10.2 Å². The average molecular weight is 427 g/mol. The summed E-state index contributed by atoms with van der Waals surface area (Å²) in [7, 11) is 1.00. The number of halogens is 1. The normalized spacial score (nSPS) is 16.7. The van der Waals surface area contributed by atoms with Crippen molar-refractivity contribution in [1.29, 1.82) is 0 Å². The summed E-state index contributed by atoms with van der Waals surface area (Å²) in [6, 6.07) is 12.8. The molecule has 0 fully saturated rings. The molecule has 1 atom stereocenters. The molecule has 1 aliphatic rings. The standard InChI is InChI=1S/C18H22O.C7H7F.C2H6.CH4O/c1-6-16-11-18(15(5)19,10-13(16)3)17-9-7-8-12(2)14(17)4;1-6-3-2-4-7(8)5-6;2*1-2/h6-9H,1,10-11H2,2-5H3;2-5H,1H3;1-2H3;2H,1H3/t18-;;;/m0.../s1. The monoisotopic (exact) mass is 426 g/mol. The largest absolute Gasteiger partial charge is 0.400 e. The van der Waals surface area contributed by atoms with Gasteiger partial charge in [-0.25, -0.2) is 4.39 Å². The van der Waals surface area contributed by atoms with Crippen molar-refractivity contribution in [3.8, 4) is 0 Å². The van der Waals surface area contributed by atoms with Gasteiger partial charge in [-0.15, -0.1) is 0 Å². The molecule has 3 heteroatoms. The lowest BCUT2D eigenvalue weighted by Crippen LogP contribution is -2.33. The van der Waals surface area contributed by atoms with E-state index in [4.69, 9.17) is 5.11 Å². The van der Waals surface area contributed by atoms with E-state index in [0.717, 1.165) is 25.5 Å². The summed E-state index contributed by atoms with van der Waals surface area (Å²) in [5.41, 5.74) is 6.81. The minimum atomic E-state index is -0.371. The third-order valence-corrected chi connectivity index (χ3v) is 5.63. The summed E-state index contributed by atoms with van der Waals surface area (Å²) < 4.78 is 12.2. The number of aliphatic hydroxyl groups excluding tert-OH is 1. The van der Waals surface area contributed by atoms with Crippen molar-refractivity contribution in [2.24, 2.45) is 0 Å². The molecule has 0 unspecified atom stereocenters. The lowest BCUT2D eigenvalue weighted by Gasteiger charge is -2.30. The molecule has 0 saturated heterocycles. The molecule has 0 aliphatic heterocycles. The summed E-state index contributed by atoms with van der Waals surface area (Å²) >= 11 is 0. The highest BCUT2D eigenvalue weighted by Gasteiger charge is 2.43. The van der Waals surface area contributed by atoms with Gasteiger partial charge >= 0.3 is 0 Å². The van der Waals surface area contributed by atoms with Crippen molar-refractivity contribution in [1.82, 2.24) is 0 Å². The topological polar surface area (TPSA) is 37.3 Å². The molecule has 31 heavy (non-hydrogen) atoms. The molecule has 2 aromatic carbocycles. The van der Waals surface area contributed by atoms with Gasteiger partial charge in [0.1, 0.15) is 11.6 Å². The number of hydrogen-bond donors (Lipinski definition) is 1. The Hall–Kier alpha value is -2.52. The molecule has 3 rings (SSSR count). The number of aliphatic hydroxyl groups is 1. The zero-order valence-corrected chi connectivity index (χ0v) is 20.5. The van der Waals surface area contributed by atoms with Crippen molar-refractivity contribution in [2.75, 3.05) is 7.11 Å². The van der Waals surface area contributed by atoms with Gasteiger partial charge < -0.3 is 5.11 Å². The first-order valence-electron chi connectivity index (χ1n) is 10.8. The smallest absolute Gasteiger partial charge is 0.140 e. The molecule has 0 heterocycles. The van der Waals surface area contributed by atoms with Crippen molar-refractivity contribution in [3.05, 3.63) is 94.3 Å². The summed E-state index contributed by atoms with van der Waals surface area (Å²) in [5.74, 6) is 0.0994. The van der Waals surface area contributed by atoms with E-state index in [1.807, 2.05) is 32.9 Å². The zero-order chi connectivity index (χ0) is 24.2. The maximum atomic E-state index is 12.4. The first-order valence-corrected chi connectivity index (χ1v) is 10.8. The fourth-order valence-corrected chi connectivity index (χ4v) is 3.86. The van der Waals surface area contributed by atoms with Crippen LogP contribution in [0.15, 0.2) is 66.3 Å². The molecule has 0 bridgehead atoms. The van der Waals surface area contributed by atoms with Crippen LogP contribution >= 0.6 is 0 Å². The Kier molecular flexibility index (Phi) is 12.6. The molecule has 0 saturated carbocycles. The first kappa shape index (κ1) is 28.5. The predicted octanol–water partition coefficient (Wildman–Crippen LogP) is 7.20. The summed E-state index contributed by atoms with van der Waals surface area (Å²) in [6.07, 6.45) is 3.53. The van der Waals surface area contributed by atoms with Gasteiger partial charge in [0.2, 0.25) is 0 Å². The molecule has 2 aromatic rings. The number of hydrogen-bond acceptors (Lipinski definition) is 2. The Morgan fingerprint density at radius 1 is 1.03 bits per heavy atom. The van der Waals surface area contributed by atoms with Crippen molar-refractivity contribution in [3.63, 3.8) is 0 Å². The molecule has 2 nitrogen and oxygen atoms in total. The van der Waals surface area contributed by atoms with Gasteiger partial charge in [0.05, 0.1) is 5.41 Å². The van der Waals surface area contributed by atoms with E-state index in [0.29, 0.717) is 0 Å². The second-order valence-electron chi connectivity index (χ2n) is 7.55. The SMILES string of the molecule is C=CC1=C(C)C[C@](C(C)=O)(c2cccc(C)c2C)C1.CC.CO.Cc1cccc(F)c1. The molecule has 0 aromatic heterocycles. The average Bonchev–Trinajstić information content (AvgIpc) is 3.11. The minimum absolute atomic E-state index is 0.162. The molecular weight excluding hydrogens is 387 g/mol. The minimum Gasteiger partial charge on any atom is -0.400 e. The van der Waals surface area contributed by atoms with Gasteiger partial charge in [-0.1, -0.05) is 62.4 Å². The number of carbonyl (C=O) groups is 1. The molecule has 0 radical (unpaired) electrons. The Balaban J connectivity index is 0.000000625. The molecule has 0 spiro atoms. The van der Waals surface area contributed by atoms with Crippen molar-refractivity contribution < 1.29 is 14.3 Å². The van der Waals surface area contributed by atoms with Crippen LogP contribution in [0.2, 0.25) is 0 Å². The second kappa shape index (κ2) is 13.7. The predicted molar refractivity (Wildman–Crippen MR) is 131 cm³/mol. The van der Waals surface area contributed by atoms with Crippen LogP contribution in [0, 0.1) is 26.6 Å². The van der Waals surface area contributed by atoms with E-state index in [-0.39, 0.29) is 17.0 Å². The van der Waals surface area contributed by atoms with E-state index in [1.54, 1.807) is 13.0 Å².